The van der Waals surface area contributed by atoms with Gasteiger partial charge in [0, 0.05) is 26.7 Å². The first-order valence-electron chi connectivity index (χ1n) is 6.54. The van der Waals surface area contributed by atoms with Crippen molar-refractivity contribution in [3.8, 4) is 17.2 Å². The Hall–Kier alpha value is -2.59. The summed E-state index contributed by atoms with van der Waals surface area (Å²) in [5.41, 5.74) is -0.629. The maximum absolute atomic E-state index is 13.3. The van der Waals surface area contributed by atoms with Gasteiger partial charge in [0.2, 0.25) is 0 Å². The van der Waals surface area contributed by atoms with Gasteiger partial charge in [-0.1, -0.05) is 12.1 Å². The quantitative estimate of drug-likeness (QED) is 0.714. The van der Waals surface area contributed by atoms with Gasteiger partial charge in [-0.3, -0.25) is 4.79 Å². The Morgan fingerprint density at radius 2 is 2.00 bits per heavy atom. The second-order valence-corrected chi connectivity index (χ2v) is 5.92. The van der Waals surface area contributed by atoms with Crippen molar-refractivity contribution in [2.75, 3.05) is 0 Å². The highest BCUT2D eigenvalue weighted by Crippen LogP contribution is 2.43. The molecule has 1 aromatic carbocycles. The van der Waals surface area contributed by atoms with Crippen LogP contribution in [0.15, 0.2) is 34.4 Å². The topological polar surface area (TPSA) is 56.6 Å². The number of benzene rings is 1. The number of nitrogens with zero attached hydrogens (tertiary/aromatic N) is 1. The molecule has 0 radical (unpaired) electrons. The molecule has 0 aliphatic carbocycles. The summed E-state index contributed by atoms with van der Waals surface area (Å²) in [5, 5.41) is 10.3. The molecule has 0 aliphatic heterocycles. The molecule has 0 spiro atoms. The number of thiophene rings is 1. The number of aromatic amines is 1. The van der Waals surface area contributed by atoms with E-state index in [1.54, 1.807) is 25.1 Å². The van der Waals surface area contributed by atoms with E-state index in [-0.39, 0.29) is 22.1 Å². The van der Waals surface area contributed by atoms with Gasteiger partial charge >= 0.3 is 6.18 Å². The minimum atomic E-state index is -4.50. The second kappa shape index (κ2) is 5.25. The van der Waals surface area contributed by atoms with Crippen LogP contribution in [0.25, 0.3) is 21.2 Å². The molecule has 0 fully saturated rings. The lowest BCUT2D eigenvalue weighted by molar-refractivity contribution is -0.136. The monoisotopic (exact) mass is 334 g/mol. The Bertz CT molecular complexity index is 1010. The van der Waals surface area contributed by atoms with Gasteiger partial charge in [-0.25, -0.2) is 0 Å². The van der Waals surface area contributed by atoms with Crippen LogP contribution in [0.2, 0.25) is 0 Å². The maximum atomic E-state index is 13.3. The van der Waals surface area contributed by atoms with Crippen molar-refractivity contribution in [2.24, 2.45) is 0 Å². The first-order chi connectivity index (χ1) is 10.8. The predicted molar refractivity (Wildman–Crippen MR) is 82.3 cm³/mol. The number of halogens is 3. The number of aryl methyl sites for hydroxylation is 1. The van der Waals surface area contributed by atoms with Gasteiger partial charge in [0.15, 0.2) is 0 Å². The van der Waals surface area contributed by atoms with E-state index in [1.807, 2.05) is 0 Å². The van der Waals surface area contributed by atoms with Crippen LogP contribution in [0.4, 0.5) is 13.2 Å². The lowest BCUT2D eigenvalue weighted by atomic mass is 9.96. The Morgan fingerprint density at radius 3 is 2.65 bits per heavy atom. The highest BCUT2D eigenvalue weighted by Gasteiger charge is 2.34. The first-order valence-corrected chi connectivity index (χ1v) is 7.42. The molecule has 0 saturated heterocycles. The van der Waals surface area contributed by atoms with Crippen LogP contribution in [0.3, 0.4) is 0 Å². The molecule has 116 valence electrons. The Balaban J connectivity index is 2.46. The number of rotatable bonds is 1. The minimum absolute atomic E-state index is 0.0199. The van der Waals surface area contributed by atoms with Crippen molar-refractivity contribution in [1.82, 2.24) is 4.98 Å². The van der Waals surface area contributed by atoms with E-state index in [9.17, 15) is 23.2 Å². The molecular formula is C16H9F3N2OS. The number of hydrogen-bond acceptors (Lipinski definition) is 3. The summed E-state index contributed by atoms with van der Waals surface area (Å²) in [6.07, 6.45) is -4.50. The van der Waals surface area contributed by atoms with Gasteiger partial charge in [-0.2, -0.15) is 18.4 Å². The summed E-state index contributed by atoms with van der Waals surface area (Å²) in [6, 6.07) is 8.01. The molecule has 0 aliphatic rings. The van der Waals surface area contributed by atoms with E-state index >= 15 is 0 Å². The first kappa shape index (κ1) is 15.3. The number of H-pyrrole nitrogens is 1. The van der Waals surface area contributed by atoms with Crippen molar-refractivity contribution < 1.29 is 13.2 Å². The summed E-state index contributed by atoms with van der Waals surface area (Å²) in [6.45, 7) is 1.62. The van der Waals surface area contributed by atoms with Crippen molar-refractivity contribution in [1.29, 1.82) is 5.26 Å². The summed E-state index contributed by atoms with van der Waals surface area (Å²) >= 11 is 0.983. The zero-order valence-corrected chi connectivity index (χ0v) is 12.6. The average Bonchev–Trinajstić information content (AvgIpc) is 2.90. The van der Waals surface area contributed by atoms with E-state index in [2.05, 4.69) is 4.98 Å². The van der Waals surface area contributed by atoms with Crippen LogP contribution < -0.4 is 5.56 Å². The van der Waals surface area contributed by atoms with E-state index in [1.165, 1.54) is 12.1 Å². The molecule has 7 heteroatoms. The minimum Gasteiger partial charge on any atom is -0.325 e. The molecule has 3 aromatic rings. The summed E-state index contributed by atoms with van der Waals surface area (Å²) in [5.74, 6) is 0. The van der Waals surface area contributed by atoms with Crippen molar-refractivity contribution in [3.63, 3.8) is 0 Å². The standard InChI is InChI=1S/C16H9F3N2OS/c1-8-5-10(11(6-20)15(22)21-8)9-3-2-4-13-14(9)12(7-23-13)16(17,18)19/h2-5,7H,1H3,(H,21,22). The molecule has 0 unspecified atom stereocenters. The van der Waals surface area contributed by atoms with E-state index in [4.69, 9.17) is 0 Å². The fourth-order valence-electron chi connectivity index (χ4n) is 2.53. The molecule has 3 nitrogen and oxygen atoms in total. The summed E-state index contributed by atoms with van der Waals surface area (Å²) in [7, 11) is 0. The maximum Gasteiger partial charge on any atom is 0.417 e. The number of fused-ring (bicyclic) bond motifs is 1. The molecule has 2 heterocycles. The number of alkyl halides is 3. The van der Waals surface area contributed by atoms with E-state index in [0.717, 1.165) is 16.7 Å². The van der Waals surface area contributed by atoms with Crippen LogP contribution in [0.1, 0.15) is 16.8 Å². The third-order valence-electron chi connectivity index (χ3n) is 3.47. The smallest absolute Gasteiger partial charge is 0.325 e. The fraction of sp³-hybridized carbons (Fsp3) is 0.125. The van der Waals surface area contributed by atoms with Crippen LogP contribution in [0.5, 0.6) is 0 Å². The third kappa shape index (κ3) is 2.51. The van der Waals surface area contributed by atoms with Crippen LogP contribution in [-0.2, 0) is 6.18 Å². The van der Waals surface area contributed by atoms with Gasteiger partial charge in [0.05, 0.1) is 5.56 Å². The lowest BCUT2D eigenvalue weighted by Crippen LogP contribution is -2.13. The molecule has 0 bridgehead atoms. The van der Waals surface area contributed by atoms with Crippen molar-refractivity contribution >= 4 is 21.4 Å². The SMILES string of the molecule is Cc1cc(-c2cccc3scc(C(F)(F)F)c23)c(C#N)c(=O)[nH]1. The molecule has 23 heavy (non-hydrogen) atoms. The number of hydrogen-bond donors (Lipinski definition) is 1. The zero-order valence-electron chi connectivity index (χ0n) is 11.8. The molecule has 0 atom stereocenters. The highest BCUT2D eigenvalue weighted by molar-refractivity contribution is 7.17. The Morgan fingerprint density at radius 1 is 1.26 bits per heavy atom. The van der Waals surface area contributed by atoms with Gasteiger partial charge in [-0.15, -0.1) is 11.3 Å². The Kier molecular flexibility index (Phi) is 3.49. The summed E-state index contributed by atoms with van der Waals surface area (Å²) < 4.78 is 40.2. The largest absolute Gasteiger partial charge is 0.417 e. The molecule has 1 N–H and O–H groups in total. The van der Waals surface area contributed by atoms with Gasteiger partial charge in [-0.05, 0) is 24.6 Å². The number of nitriles is 1. The lowest BCUT2D eigenvalue weighted by Gasteiger charge is -2.11. The molecule has 3 rings (SSSR count). The number of nitrogens with one attached hydrogen (secondary N) is 1. The van der Waals surface area contributed by atoms with Crippen molar-refractivity contribution in [2.45, 2.75) is 13.1 Å². The third-order valence-corrected chi connectivity index (χ3v) is 4.42. The average molecular weight is 334 g/mol. The normalized spacial score (nSPS) is 11.6. The zero-order chi connectivity index (χ0) is 16.8. The van der Waals surface area contributed by atoms with Gasteiger partial charge in [0.25, 0.3) is 5.56 Å². The van der Waals surface area contributed by atoms with Crippen LogP contribution in [-0.4, -0.2) is 4.98 Å². The Labute approximate surface area is 132 Å². The molecule has 2 aromatic heterocycles. The molecule has 0 amide bonds. The van der Waals surface area contributed by atoms with E-state index < -0.39 is 17.3 Å². The van der Waals surface area contributed by atoms with Crippen LogP contribution in [0, 0.1) is 18.3 Å². The van der Waals surface area contributed by atoms with Crippen molar-refractivity contribution in [3.05, 3.63) is 56.8 Å². The van der Waals surface area contributed by atoms with Gasteiger partial charge in [0.1, 0.15) is 11.6 Å². The van der Waals surface area contributed by atoms with Gasteiger partial charge < -0.3 is 4.98 Å². The summed E-state index contributed by atoms with van der Waals surface area (Å²) in [4.78, 5) is 14.4. The number of aromatic nitrogens is 1. The highest BCUT2D eigenvalue weighted by atomic mass is 32.1. The molecule has 0 saturated carbocycles. The second-order valence-electron chi connectivity index (χ2n) is 5.01. The molecular weight excluding hydrogens is 325 g/mol. The number of pyridine rings is 1. The van der Waals surface area contributed by atoms with E-state index in [0.29, 0.717) is 10.4 Å². The predicted octanol–water partition coefficient (Wildman–Crippen LogP) is 4.46. The van der Waals surface area contributed by atoms with Crippen LogP contribution >= 0.6 is 11.3 Å². The fourth-order valence-corrected chi connectivity index (χ4v) is 3.52.